The third kappa shape index (κ3) is 4.35. The van der Waals surface area contributed by atoms with Crippen LogP contribution in [0.5, 0.6) is 5.75 Å². The Morgan fingerprint density at radius 2 is 1.95 bits per heavy atom. The molecule has 0 saturated heterocycles. The van der Waals surface area contributed by atoms with Crippen molar-refractivity contribution in [2.24, 2.45) is 0 Å². The van der Waals surface area contributed by atoms with Crippen molar-refractivity contribution in [1.82, 2.24) is 4.98 Å². The van der Waals surface area contributed by atoms with E-state index in [1.165, 1.54) is 7.11 Å². The summed E-state index contributed by atoms with van der Waals surface area (Å²) in [4.78, 5) is 3.89. The van der Waals surface area contributed by atoms with E-state index < -0.39 is 10.0 Å². The van der Waals surface area contributed by atoms with Gasteiger partial charge in [0.05, 0.1) is 24.2 Å². The molecule has 0 fully saturated rings. The summed E-state index contributed by atoms with van der Waals surface area (Å²) in [6.45, 7) is 0. The first kappa shape index (κ1) is 15.1. The normalized spacial score (nSPS) is 11.1. The fourth-order valence-electron chi connectivity index (χ4n) is 1.77. The lowest BCUT2D eigenvalue weighted by Crippen LogP contribution is -2.19. The van der Waals surface area contributed by atoms with Crippen molar-refractivity contribution in [3.05, 3.63) is 48.3 Å². The van der Waals surface area contributed by atoms with E-state index >= 15 is 0 Å². The molecule has 1 aromatic carbocycles. The Labute approximate surface area is 124 Å². The molecule has 0 atom stereocenters. The molecule has 1 heterocycles. The van der Waals surface area contributed by atoms with Crippen LogP contribution in [0.25, 0.3) is 0 Å². The highest BCUT2D eigenvalue weighted by molar-refractivity contribution is 7.92. The molecule has 0 unspecified atom stereocenters. The molecule has 0 aliphatic rings. The van der Waals surface area contributed by atoms with E-state index in [0.717, 1.165) is 5.56 Å². The van der Waals surface area contributed by atoms with Gasteiger partial charge in [-0.3, -0.25) is 9.71 Å². The van der Waals surface area contributed by atoms with Crippen molar-refractivity contribution < 1.29 is 13.2 Å². The van der Waals surface area contributed by atoms with Crippen molar-refractivity contribution in [2.75, 3.05) is 23.3 Å². The average Bonchev–Trinajstić information content (AvgIpc) is 2.48. The first-order valence-electron chi connectivity index (χ1n) is 6.33. The van der Waals surface area contributed by atoms with Gasteiger partial charge in [-0.25, -0.2) is 8.42 Å². The Kier molecular flexibility index (Phi) is 4.64. The maximum Gasteiger partial charge on any atom is 0.233 e. The second-order valence-corrected chi connectivity index (χ2v) is 6.32. The van der Waals surface area contributed by atoms with E-state index in [-0.39, 0.29) is 5.75 Å². The number of aromatic nitrogens is 1. The third-order valence-electron chi connectivity index (χ3n) is 2.93. The first-order valence-corrected chi connectivity index (χ1v) is 7.98. The van der Waals surface area contributed by atoms with Crippen molar-refractivity contribution in [1.29, 1.82) is 0 Å². The average molecular weight is 307 g/mol. The molecule has 2 rings (SSSR count). The predicted octanol–water partition coefficient (Wildman–Crippen LogP) is 1.66. The highest BCUT2D eigenvalue weighted by Crippen LogP contribution is 2.25. The summed E-state index contributed by atoms with van der Waals surface area (Å²) >= 11 is 0. The van der Waals surface area contributed by atoms with Crippen LogP contribution >= 0.6 is 0 Å². The van der Waals surface area contributed by atoms with E-state index in [1.807, 2.05) is 0 Å². The number of aryl methyl sites for hydroxylation is 1. The number of hydrogen-bond donors (Lipinski definition) is 2. The van der Waals surface area contributed by atoms with E-state index in [1.54, 1.807) is 42.7 Å². The Balaban J connectivity index is 2.07. The molecule has 21 heavy (non-hydrogen) atoms. The molecule has 2 aromatic rings. The van der Waals surface area contributed by atoms with Crippen LogP contribution in [0.4, 0.5) is 11.4 Å². The second-order valence-electron chi connectivity index (χ2n) is 4.48. The van der Waals surface area contributed by atoms with Crippen molar-refractivity contribution in [2.45, 2.75) is 6.42 Å². The lowest BCUT2D eigenvalue weighted by atomic mass is 10.2. The first-order chi connectivity index (χ1) is 10.00. The number of rotatable bonds is 6. The van der Waals surface area contributed by atoms with Crippen LogP contribution < -0.4 is 15.2 Å². The minimum atomic E-state index is -3.49. The molecule has 0 amide bonds. The molecule has 0 bridgehead atoms. The zero-order valence-corrected chi connectivity index (χ0v) is 12.4. The number of methoxy groups -OCH3 is 1. The summed E-state index contributed by atoms with van der Waals surface area (Å²) in [6, 6.07) is 8.40. The largest absolute Gasteiger partial charge is 0.497 e. The molecule has 0 aliphatic heterocycles. The van der Waals surface area contributed by atoms with Crippen LogP contribution in [0.3, 0.4) is 0 Å². The Morgan fingerprint density at radius 3 is 2.62 bits per heavy atom. The molecular weight excluding hydrogens is 290 g/mol. The molecule has 6 nitrogen and oxygen atoms in total. The minimum absolute atomic E-state index is 0.0341. The van der Waals surface area contributed by atoms with Crippen LogP contribution in [0.1, 0.15) is 5.56 Å². The van der Waals surface area contributed by atoms with Gasteiger partial charge < -0.3 is 10.5 Å². The Bertz CT molecular complexity index is 703. The lowest BCUT2D eigenvalue weighted by molar-refractivity contribution is 0.415. The number of anilines is 2. The number of nitrogens with one attached hydrogen (secondary N) is 1. The summed E-state index contributed by atoms with van der Waals surface area (Å²) in [6.07, 6.45) is 3.67. The predicted molar refractivity (Wildman–Crippen MR) is 82.8 cm³/mol. The number of nitrogen functional groups attached to an aromatic ring is 1. The molecule has 0 saturated carbocycles. The van der Waals surface area contributed by atoms with E-state index in [9.17, 15) is 8.42 Å². The van der Waals surface area contributed by atoms with Gasteiger partial charge in [-0.1, -0.05) is 0 Å². The van der Waals surface area contributed by atoms with Gasteiger partial charge in [-0.2, -0.15) is 0 Å². The number of nitrogens with zero attached hydrogens (tertiary/aromatic N) is 1. The zero-order valence-electron chi connectivity index (χ0n) is 11.6. The van der Waals surface area contributed by atoms with Gasteiger partial charge in [-0.05, 0) is 36.2 Å². The number of hydrogen-bond acceptors (Lipinski definition) is 5. The van der Waals surface area contributed by atoms with Gasteiger partial charge >= 0.3 is 0 Å². The molecule has 3 N–H and O–H groups in total. The highest BCUT2D eigenvalue weighted by Gasteiger charge is 2.13. The monoisotopic (exact) mass is 307 g/mol. The molecular formula is C14H17N3O3S. The summed E-state index contributed by atoms with van der Waals surface area (Å²) in [5.74, 6) is 0.504. The van der Waals surface area contributed by atoms with E-state index in [2.05, 4.69) is 9.71 Å². The molecule has 0 aliphatic carbocycles. The van der Waals surface area contributed by atoms with Crippen LogP contribution in [-0.4, -0.2) is 26.3 Å². The topological polar surface area (TPSA) is 94.3 Å². The standard InChI is InChI=1S/C14H17N3O3S/c1-20-12-2-3-13(15)14(10-12)17-21(18,19)9-6-11-4-7-16-8-5-11/h2-5,7-8,10,17H,6,9,15H2,1H3. The number of pyridine rings is 1. The lowest BCUT2D eigenvalue weighted by Gasteiger charge is -2.11. The SMILES string of the molecule is COc1ccc(N)c(NS(=O)(=O)CCc2ccncc2)c1. The minimum Gasteiger partial charge on any atom is -0.497 e. The zero-order chi connectivity index (χ0) is 15.3. The third-order valence-corrected chi connectivity index (χ3v) is 4.21. The van der Waals surface area contributed by atoms with Gasteiger partial charge in [0.2, 0.25) is 10.0 Å². The summed E-state index contributed by atoms with van der Waals surface area (Å²) in [5, 5.41) is 0. The van der Waals surface area contributed by atoms with Crippen LogP contribution in [0.15, 0.2) is 42.7 Å². The van der Waals surface area contributed by atoms with Crippen molar-refractivity contribution in [3.8, 4) is 5.75 Å². The summed E-state index contributed by atoms with van der Waals surface area (Å²) < 4.78 is 31.7. The smallest absolute Gasteiger partial charge is 0.233 e. The Hall–Kier alpha value is -2.28. The maximum atomic E-state index is 12.1. The van der Waals surface area contributed by atoms with Gasteiger partial charge in [0, 0.05) is 18.5 Å². The van der Waals surface area contributed by atoms with Crippen LogP contribution in [0, 0.1) is 0 Å². The van der Waals surface area contributed by atoms with Gasteiger partial charge in [0.15, 0.2) is 0 Å². The molecule has 1 aromatic heterocycles. The number of nitrogens with two attached hydrogens (primary N) is 1. The van der Waals surface area contributed by atoms with Gasteiger partial charge in [0.25, 0.3) is 0 Å². The van der Waals surface area contributed by atoms with Gasteiger partial charge in [-0.15, -0.1) is 0 Å². The van der Waals surface area contributed by atoms with E-state index in [0.29, 0.717) is 23.5 Å². The Morgan fingerprint density at radius 1 is 1.24 bits per heavy atom. The number of sulfonamides is 1. The number of benzene rings is 1. The summed E-state index contributed by atoms with van der Waals surface area (Å²) in [5.41, 5.74) is 7.35. The quantitative estimate of drug-likeness (QED) is 0.791. The fourth-order valence-corrected chi connectivity index (χ4v) is 2.89. The molecule has 0 spiro atoms. The molecule has 7 heteroatoms. The van der Waals surface area contributed by atoms with Gasteiger partial charge in [0.1, 0.15) is 5.75 Å². The fraction of sp³-hybridized carbons (Fsp3) is 0.214. The van der Waals surface area contributed by atoms with Crippen molar-refractivity contribution in [3.63, 3.8) is 0 Å². The molecule has 112 valence electrons. The molecule has 0 radical (unpaired) electrons. The van der Waals surface area contributed by atoms with Crippen molar-refractivity contribution >= 4 is 21.4 Å². The maximum absolute atomic E-state index is 12.1. The number of ether oxygens (including phenoxy) is 1. The van der Waals surface area contributed by atoms with E-state index in [4.69, 9.17) is 10.5 Å². The summed E-state index contributed by atoms with van der Waals surface area (Å²) in [7, 11) is -1.98. The highest BCUT2D eigenvalue weighted by atomic mass is 32.2. The van der Waals surface area contributed by atoms with Crippen LogP contribution in [0.2, 0.25) is 0 Å². The van der Waals surface area contributed by atoms with Crippen LogP contribution in [-0.2, 0) is 16.4 Å². The second kappa shape index (κ2) is 6.45.